The van der Waals surface area contributed by atoms with Crippen LogP contribution in [0.25, 0.3) is 0 Å². The van der Waals surface area contributed by atoms with Crippen molar-refractivity contribution in [2.45, 2.75) is 11.4 Å². The molecule has 0 saturated carbocycles. The number of rotatable bonds is 4. The van der Waals surface area contributed by atoms with Crippen LogP contribution >= 0.6 is 23.2 Å². The molecule has 0 aliphatic rings. The lowest BCUT2D eigenvalue weighted by molar-refractivity contribution is 0.601. The predicted octanol–water partition coefficient (Wildman–Crippen LogP) is 3.39. The zero-order valence-electron chi connectivity index (χ0n) is 10.6. The van der Waals surface area contributed by atoms with Gasteiger partial charge in [-0.25, -0.2) is 12.8 Å². The monoisotopic (exact) mass is 348 g/mol. The summed E-state index contributed by atoms with van der Waals surface area (Å²) in [5.74, 6) is -0.560. The van der Waals surface area contributed by atoms with Crippen LogP contribution in [0.3, 0.4) is 0 Å². The van der Waals surface area contributed by atoms with Crippen molar-refractivity contribution in [3.05, 3.63) is 57.8 Å². The van der Waals surface area contributed by atoms with E-state index >= 15 is 0 Å². The Hall–Kier alpha value is -1.34. The first-order valence-corrected chi connectivity index (χ1v) is 8.04. The third-order valence-corrected chi connectivity index (χ3v) is 4.85. The summed E-state index contributed by atoms with van der Waals surface area (Å²) in [7, 11) is -4.00. The Morgan fingerprint density at radius 2 is 1.90 bits per heavy atom. The Kier molecular flexibility index (Phi) is 4.73. The fourth-order valence-electron chi connectivity index (χ4n) is 1.72. The van der Waals surface area contributed by atoms with Gasteiger partial charge in [-0.2, -0.15) is 0 Å². The van der Waals surface area contributed by atoms with Crippen molar-refractivity contribution >= 4 is 38.9 Å². The first kappa shape index (κ1) is 16.0. The van der Waals surface area contributed by atoms with Gasteiger partial charge in [0.25, 0.3) is 10.0 Å². The van der Waals surface area contributed by atoms with Crippen LogP contribution in [0.2, 0.25) is 10.0 Å². The molecule has 0 heterocycles. The Bertz CT molecular complexity index is 782. The molecular formula is C13H11Cl2FN2O2S. The third kappa shape index (κ3) is 3.65. The summed E-state index contributed by atoms with van der Waals surface area (Å²) in [6, 6.07) is 7.77. The number of sulfonamides is 1. The zero-order valence-corrected chi connectivity index (χ0v) is 12.9. The van der Waals surface area contributed by atoms with Gasteiger partial charge in [-0.15, -0.1) is 0 Å². The first-order chi connectivity index (χ1) is 9.83. The molecule has 8 heteroatoms. The van der Waals surface area contributed by atoms with E-state index < -0.39 is 15.8 Å². The summed E-state index contributed by atoms with van der Waals surface area (Å²) in [4.78, 5) is -0.207. The van der Waals surface area contributed by atoms with Gasteiger partial charge in [0.2, 0.25) is 0 Å². The Morgan fingerprint density at radius 3 is 2.52 bits per heavy atom. The maximum Gasteiger partial charge on any atom is 0.263 e. The molecule has 0 saturated heterocycles. The van der Waals surface area contributed by atoms with Gasteiger partial charge >= 0.3 is 0 Å². The Morgan fingerprint density at radius 1 is 1.19 bits per heavy atom. The summed E-state index contributed by atoms with van der Waals surface area (Å²) in [5.41, 5.74) is 5.99. The quantitative estimate of drug-likeness (QED) is 0.889. The van der Waals surface area contributed by atoms with Crippen molar-refractivity contribution in [1.29, 1.82) is 0 Å². The van der Waals surface area contributed by atoms with Crippen molar-refractivity contribution in [3.63, 3.8) is 0 Å². The maximum absolute atomic E-state index is 13.1. The number of nitrogens with two attached hydrogens (primary N) is 1. The van der Waals surface area contributed by atoms with Crippen LogP contribution in [-0.4, -0.2) is 8.42 Å². The second-order valence-corrected chi connectivity index (χ2v) is 6.66. The molecule has 0 aromatic heterocycles. The number of hydrogen-bond donors (Lipinski definition) is 2. The first-order valence-electron chi connectivity index (χ1n) is 5.80. The highest BCUT2D eigenvalue weighted by Gasteiger charge is 2.21. The molecule has 0 atom stereocenters. The Balaban J connectivity index is 2.47. The molecule has 0 fully saturated rings. The minimum absolute atomic E-state index is 0.00852. The average Bonchev–Trinajstić information content (AvgIpc) is 2.40. The van der Waals surface area contributed by atoms with Crippen LogP contribution in [0.15, 0.2) is 41.3 Å². The molecule has 0 unspecified atom stereocenters. The highest BCUT2D eigenvalue weighted by Crippen LogP contribution is 2.30. The van der Waals surface area contributed by atoms with E-state index in [0.717, 1.165) is 6.07 Å². The largest absolute Gasteiger partial charge is 0.326 e. The molecule has 0 aliphatic carbocycles. The molecule has 2 aromatic carbocycles. The van der Waals surface area contributed by atoms with E-state index in [9.17, 15) is 12.8 Å². The lowest BCUT2D eigenvalue weighted by Crippen LogP contribution is -2.14. The van der Waals surface area contributed by atoms with Crippen LogP contribution in [-0.2, 0) is 16.6 Å². The van der Waals surface area contributed by atoms with E-state index in [0.29, 0.717) is 5.56 Å². The number of hydrogen-bond acceptors (Lipinski definition) is 3. The zero-order chi connectivity index (χ0) is 15.6. The SMILES string of the molecule is NCc1cc(Cl)cc(S(=O)(=O)Nc2cccc(F)c2)c1Cl. The minimum atomic E-state index is -4.00. The average molecular weight is 349 g/mol. The maximum atomic E-state index is 13.1. The van der Waals surface area contributed by atoms with Gasteiger partial charge in [-0.3, -0.25) is 4.72 Å². The van der Waals surface area contributed by atoms with E-state index in [1.54, 1.807) is 0 Å². The topological polar surface area (TPSA) is 72.2 Å². The lowest BCUT2D eigenvalue weighted by Gasteiger charge is -2.12. The van der Waals surface area contributed by atoms with Crippen molar-refractivity contribution in [1.82, 2.24) is 0 Å². The van der Waals surface area contributed by atoms with Crippen LogP contribution in [0.4, 0.5) is 10.1 Å². The van der Waals surface area contributed by atoms with Crippen LogP contribution in [0, 0.1) is 5.82 Å². The molecule has 0 radical (unpaired) electrons. The van der Waals surface area contributed by atoms with Crippen LogP contribution < -0.4 is 10.5 Å². The van der Waals surface area contributed by atoms with Gasteiger partial charge in [0, 0.05) is 11.6 Å². The number of halogens is 3. The van der Waals surface area contributed by atoms with Gasteiger partial charge in [0.05, 0.1) is 10.7 Å². The fraction of sp³-hybridized carbons (Fsp3) is 0.0769. The molecule has 0 amide bonds. The van der Waals surface area contributed by atoms with Crippen LogP contribution in [0.1, 0.15) is 5.56 Å². The highest BCUT2D eigenvalue weighted by atomic mass is 35.5. The predicted molar refractivity (Wildman–Crippen MR) is 81.6 cm³/mol. The standard InChI is InChI=1S/C13H11Cl2FN2O2S/c14-9-4-8(7-17)13(15)12(5-9)21(19,20)18-11-3-1-2-10(16)6-11/h1-6,18H,7,17H2. The molecule has 0 aliphatic heterocycles. The van der Waals surface area contributed by atoms with E-state index in [4.69, 9.17) is 28.9 Å². The van der Waals surface area contributed by atoms with Gasteiger partial charge < -0.3 is 5.73 Å². The van der Waals surface area contributed by atoms with Crippen molar-refractivity contribution in [2.75, 3.05) is 4.72 Å². The van der Waals surface area contributed by atoms with Crippen molar-refractivity contribution in [3.8, 4) is 0 Å². The molecule has 0 spiro atoms. The van der Waals surface area contributed by atoms with E-state index in [1.165, 1.54) is 30.3 Å². The summed E-state index contributed by atoms with van der Waals surface area (Å²) in [6.45, 7) is 0.0435. The Labute approximate surface area is 131 Å². The fourth-order valence-corrected chi connectivity index (χ4v) is 3.72. The normalized spacial score (nSPS) is 11.4. The molecule has 2 rings (SSSR count). The third-order valence-electron chi connectivity index (χ3n) is 2.67. The highest BCUT2D eigenvalue weighted by molar-refractivity contribution is 7.92. The molecule has 2 aromatic rings. The number of anilines is 1. The smallest absolute Gasteiger partial charge is 0.263 e. The molecule has 4 nitrogen and oxygen atoms in total. The van der Waals surface area contributed by atoms with E-state index in [1.807, 2.05) is 0 Å². The van der Waals surface area contributed by atoms with E-state index in [-0.39, 0.29) is 27.2 Å². The minimum Gasteiger partial charge on any atom is -0.326 e. The van der Waals surface area contributed by atoms with Crippen molar-refractivity contribution in [2.24, 2.45) is 5.73 Å². The van der Waals surface area contributed by atoms with Gasteiger partial charge in [-0.05, 0) is 35.9 Å². The molecule has 3 N–H and O–H groups in total. The number of benzene rings is 2. The summed E-state index contributed by atoms with van der Waals surface area (Å²) >= 11 is 11.9. The second kappa shape index (κ2) is 6.19. The van der Waals surface area contributed by atoms with Gasteiger partial charge in [0.15, 0.2) is 0 Å². The molecule has 112 valence electrons. The summed E-state index contributed by atoms with van der Waals surface area (Å²) in [6.07, 6.45) is 0. The van der Waals surface area contributed by atoms with E-state index in [2.05, 4.69) is 4.72 Å². The molecule has 21 heavy (non-hydrogen) atoms. The number of nitrogens with one attached hydrogen (secondary N) is 1. The van der Waals surface area contributed by atoms with Crippen LogP contribution in [0.5, 0.6) is 0 Å². The summed E-state index contributed by atoms with van der Waals surface area (Å²) < 4.78 is 40.0. The molecular weight excluding hydrogens is 338 g/mol. The van der Waals surface area contributed by atoms with Crippen molar-refractivity contribution < 1.29 is 12.8 Å². The van der Waals surface area contributed by atoms with Gasteiger partial charge in [-0.1, -0.05) is 29.3 Å². The lowest BCUT2D eigenvalue weighted by atomic mass is 10.2. The second-order valence-electron chi connectivity index (χ2n) is 4.20. The molecule has 0 bridgehead atoms. The van der Waals surface area contributed by atoms with Gasteiger partial charge in [0.1, 0.15) is 10.7 Å². The summed E-state index contributed by atoms with van der Waals surface area (Å²) in [5, 5.41) is 0.185.